The van der Waals surface area contributed by atoms with Crippen LogP contribution in [0.2, 0.25) is 0 Å². The number of likely N-dealkylation sites (N-methyl/N-ethyl adjacent to an activating group) is 1. The van der Waals surface area contributed by atoms with Gasteiger partial charge in [-0.05, 0) is 62.2 Å². The average molecular weight is 538 g/mol. The number of rotatable bonds is 9. The van der Waals surface area contributed by atoms with Crippen molar-refractivity contribution in [3.8, 4) is 5.82 Å². The van der Waals surface area contributed by atoms with E-state index < -0.39 is 0 Å². The van der Waals surface area contributed by atoms with Crippen LogP contribution in [0.1, 0.15) is 34.3 Å². The van der Waals surface area contributed by atoms with Crippen molar-refractivity contribution in [1.82, 2.24) is 29.3 Å². The Kier molecular flexibility index (Phi) is 7.43. The molecule has 0 unspecified atom stereocenters. The highest BCUT2D eigenvalue weighted by Crippen LogP contribution is 2.26. The van der Waals surface area contributed by atoms with Crippen LogP contribution in [0, 0.1) is 6.92 Å². The van der Waals surface area contributed by atoms with Gasteiger partial charge < -0.3 is 20.9 Å². The molecule has 1 aliphatic heterocycles. The van der Waals surface area contributed by atoms with E-state index in [4.69, 9.17) is 0 Å². The molecule has 6 rings (SSSR count). The number of piperazine rings is 1. The van der Waals surface area contributed by atoms with E-state index in [0.717, 1.165) is 55.5 Å². The highest BCUT2D eigenvalue weighted by Gasteiger charge is 2.21. The van der Waals surface area contributed by atoms with Crippen molar-refractivity contribution in [2.24, 2.45) is 0 Å². The monoisotopic (exact) mass is 537 g/mol. The summed E-state index contributed by atoms with van der Waals surface area (Å²) in [6.07, 6.45) is 7.47. The van der Waals surface area contributed by atoms with Gasteiger partial charge in [0.25, 0.3) is 5.91 Å². The molecule has 10 nitrogen and oxygen atoms in total. The van der Waals surface area contributed by atoms with Crippen LogP contribution in [0.5, 0.6) is 0 Å². The predicted molar refractivity (Wildman–Crippen MR) is 157 cm³/mol. The number of nitrogens with one attached hydrogen (secondary N) is 3. The minimum atomic E-state index is -0.162. The number of aromatic nitrogens is 4. The molecule has 1 amide bonds. The number of carbonyl (C=O) groups is 1. The summed E-state index contributed by atoms with van der Waals surface area (Å²) in [5, 5.41) is 9.82. The lowest BCUT2D eigenvalue weighted by molar-refractivity contribution is 0.102. The molecule has 1 saturated carbocycles. The van der Waals surface area contributed by atoms with E-state index >= 15 is 0 Å². The van der Waals surface area contributed by atoms with Gasteiger partial charge >= 0.3 is 0 Å². The van der Waals surface area contributed by atoms with E-state index in [-0.39, 0.29) is 5.91 Å². The molecule has 3 N–H and O–H groups in total. The fourth-order valence-corrected chi connectivity index (χ4v) is 4.75. The Hall–Kier alpha value is -4.28. The Morgan fingerprint density at radius 3 is 2.55 bits per heavy atom. The Balaban J connectivity index is 1.12. The Morgan fingerprint density at radius 2 is 1.77 bits per heavy atom. The molecule has 2 aliphatic rings. The molecule has 0 atom stereocenters. The van der Waals surface area contributed by atoms with Crippen LogP contribution < -0.4 is 16.0 Å². The number of imidazole rings is 1. The summed E-state index contributed by atoms with van der Waals surface area (Å²) in [6, 6.07) is 16.2. The van der Waals surface area contributed by atoms with Crippen LogP contribution in [-0.4, -0.2) is 74.5 Å². The molecule has 2 aromatic carbocycles. The number of carbonyl (C=O) groups excluding carboxylic acids is 1. The molecule has 10 heteroatoms. The van der Waals surface area contributed by atoms with Crippen LogP contribution in [-0.2, 0) is 6.54 Å². The number of hydrogen-bond acceptors (Lipinski definition) is 8. The first kappa shape index (κ1) is 26.0. The summed E-state index contributed by atoms with van der Waals surface area (Å²) in [7, 11) is 2.17. The smallest absolute Gasteiger partial charge is 0.255 e. The zero-order chi connectivity index (χ0) is 27.5. The van der Waals surface area contributed by atoms with Crippen molar-refractivity contribution in [2.75, 3.05) is 49.2 Å². The number of nitrogens with zero attached hydrogens (tertiary/aromatic N) is 6. The van der Waals surface area contributed by atoms with Gasteiger partial charge in [0, 0.05) is 74.2 Å². The maximum Gasteiger partial charge on any atom is 0.255 e. The SMILES string of the molecule is Cc1ccc(C(=O)Nc2ccc(CN3CCN(C)CC3)cc2)cc1Nc1nccn1-c1cc(NC2CC2)ncn1. The molecule has 3 heterocycles. The van der Waals surface area contributed by atoms with E-state index in [1.165, 1.54) is 18.4 Å². The van der Waals surface area contributed by atoms with Gasteiger partial charge in [0.1, 0.15) is 18.0 Å². The van der Waals surface area contributed by atoms with Crippen molar-refractivity contribution in [1.29, 1.82) is 0 Å². The number of aryl methyl sites for hydroxylation is 1. The largest absolute Gasteiger partial charge is 0.367 e. The van der Waals surface area contributed by atoms with E-state index in [9.17, 15) is 4.79 Å². The maximum absolute atomic E-state index is 13.1. The van der Waals surface area contributed by atoms with Crippen LogP contribution in [0.4, 0.5) is 23.1 Å². The van der Waals surface area contributed by atoms with Crippen molar-refractivity contribution in [3.05, 3.63) is 83.9 Å². The summed E-state index contributed by atoms with van der Waals surface area (Å²) in [5.74, 6) is 1.95. The van der Waals surface area contributed by atoms with Gasteiger partial charge in [0.05, 0.1) is 0 Å². The molecule has 40 heavy (non-hydrogen) atoms. The lowest BCUT2D eigenvalue weighted by Crippen LogP contribution is -2.43. The highest BCUT2D eigenvalue weighted by molar-refractivity contribution is 6.05. The third-order valence-corrected chi connectivity index (χ3v) is 7.43. The third-order valence-electron chi connectivity index (χ3n) is 7.43. The Bertz CT molecular complexity index is 1470. The Labute approximate surface area is 234 Å². The molecule has 1 saturated heterocycles. The standard InChI is InChI=1S/C30H35N9O/c1-21-3-6-23(29(40)35-25-7-4-22(5-8-25)19-38-15-13-37(2)14-16-38)17-26(21)36-30-31-11-12-39(30)28-18-27(32-20-33-28)34-24-9-10-24/h3-8,11-12,17-18,20,24H,9-10,13-16,19H2,1-2H3,(H,31,36)(H,35,40)(H,32,33,34). The average Bonchev–Trinajstić information content (AvgIpc) is 3.66. The van der Waals surface area contributed by atoms with E-state index in [2.05, 4.69) is 59.9 Å². The molecule has 2 aromatic heterocycles. The lowest BCUT2D eigenvalue weighted by atomic mass is 10.1. The molecule has 0 radical (unpaired) electrons. The molecular weight excluding hydrogens is 502 g/mol. The second kappa shape index (κ2) is 11.4. The summed E-state index contributed by atoms with van der Waals surface area (Å²) >= 11 is 0. The molecule has 0 bridgehead atoms. The van der Waals surface area contributed by atoms with Gasteiger partial charge in [0.2, 0.25) is 5.95 Å². The fourth-order valence-electron chi connectivity index (χ4n) is 4.75. The minimum absolute atomic E-state index is 0.162. The molecule has 206 valence electrons. The number of benzene rings is 2. The lowest BCUT2D eigenvalue weighted by Gasteiger charge is -2.32. The number of anilines is 4. The van der Waals surface area contributed by atoms with E-state index in [0.29, 0.717) is 23.4 Å². The summed E-state index contributed by atoms with van der Waals surface area (Å²) in [6.45, 7) is 7.29. The highest BCUT2D eigenvalue weighted by atomic mass is 16.1. The van der Waals surface area contributed by atoms with Gasteiger partial charge in [-0.1, -0.05) is 18.2 Å². The number of hydrogen-bond donors (Lipinski definition) is 3. The topological polar surface area (TPSA) is 103 Å². The van der Waals surface area contributed by atoms with Gasteiger partial charge in [-0.3, -0.25) is 14.3 Å². The van der Waals surface area contributed by atoms with Crippen molar-refractivity contribution < 1.29 is 4.79 Å². The quantitative estimate of drug-likeness (QED) is 0.291. The summed E-state index contributed by atoms with van der Waals surface area (Å²) in [4.78, 5) is 31.2. The third kappa shape index (κ3) is 6.30. The van der Waals surface area contributed by atoms with Crippen LogP contribution in [0.25, 0.3) is 5.82 Å². The molecular formula is C30H35N9O. The van der Waals surface area contributed by atoms with Gasteiger partial charge in [-0.25, -0.2) is 15.0 Å². The first-order chi connectivity index (χ1) is 19.5. The predicted octanol–water partition coefficient (Wildman–Crippen LogP) is 4.29. The summed E-state index contributed by atoms with van der Waals surface area (Å²) in [5.41, 5.74) is 4.38. The zero-order valence-corrected chi connectivity index (χ0v) is 23.0. The number of amides is 1. The molecule has 2 fully saturated rings. The first-order valence-electron chi connectivity index (χ1n) is 13.8. The van der Waals surface area contributed by atoms with Crippen LogP contribution in [0.15, 0.2) is 67.3 Å². The van der Waals surface area contributed by atoms with E-state index in [1.54, 1.807) is 12.5 Å². The van der Waals surface area contributed by atoms with Gasteiger partial charge in [-0.15, -0.1) is 0 Å². The first-order valence-corrected chi connectivity index (χ1v) is 13.8. The normalized spacial score (nSPS) is 16.1. The van der Waals surface area contributed by atoms with Crippen molar-refractivity contribution in [3.63, 3.8) is 0 Å². The maximum atomic E-state index is 13.1. The minimum Gasteiger partial charge on any atom is -0.367 e. The van der Waals surface area contributed by atoms with Crippen LogP contribution in [0.3, 0.4) is 0 Å². The van der Waals surface area contributed by atoms with Gasteiger partial charge in [0.15, 0.2) is 0 Å². The fraction of sp³-hybridized carbons (Fsp3) is 0.333. The summed E-state index contributed by atoms with van der Waals surface area (Å²) < 4.78 is 1.87. The molecule has 4 aromatic rings. The molecule has 0 spiro atoms. The molecule has 1 aliphatic carbocycles. The zero-order valence-electron chi connectivity index (χ0n) is 23.0. The second-order valence-corrected chi connectivity index (χ2v) is 10.7. The van der Waals surface area contributed by atoms with Crippen LogP contribution >= 0.6 is 0 Å². The second-order valence-electron chi connectivity index (χ2n) is 10.7. The van der Waals surface area contributed by atoms with Crippen molar-refractivity contribution >= 4 is 29.0 Å². The van der Waals surface area contributed by atoms with Crippen molar-refractivity contribution in [2.45, 2.75) is 32.4 Å². The Morgan fingerprint density at radius 1 is 0.975 bits per heavy atom. The van der Waals surface area contributed by atoms with E-state index in [1.807, 2.05) is 54.1 Å². The van der Waals surface area contributed by atoms with Gasteiger partial charge in [-0.2, -0.15) is 0 Å².